The van der Waals surface area contributed by atoms with E-state index in [1.54, 1.807) is 0 Å². The Kier molecular flexibility index (Phi) is 4.14. The minimum atomic E-state index is -4.71. The molecule has 0 aromatic heterocycles. The molecule has 16 heavy (non-hydrogen) atoms. The minimum Gasteiger partial charge on any atom is -0.414 e. The quantitative estimate of drug-likeness (QED) is 0.759. The van der Waals surface area contributed by atoms with E-state index in [2.05, 4.69) is 26.2 Å². The van der Waals surface area contributed by atoms with Crippen molar-refractivity contribution in [1.82, 2.24) is 0 Å². The maximum Gasteiger partial charge on any atom is 0.573 e. The molecule has 0 fully saturated rings. The van der Waals surface area contributed by atoms with Crippen LogP contribution >= 0.6 is 0 Å². The van der Waals surface area contributed by atoms with Gasteiger partial charge in [-0.15, -0.1) is 13.2 Å². The second-order valence-corrected chi connectivity index (χ2v) is 3.20. The van der Waals surface area contributed by atoms with E-state index in [1.165, 1.54) is 24.3 Å². The summed E-state index contributed by atoms with van der Waals surface area (Å²) in [4.78, 5) is 0. The number of halogens is 3. The lowest BCUT2D eigenvalue weighted by Gasteiger charge is -2.13. The number of ether oxygens (including phenoxy) is 1. The van der Waals surface area contributed by atoms with Crippen LogP contribution in [0.2, 0.25) is 0 Å². The van der Waals surface area contributed by atoms with Gasteiger partial charge in [-0.25, -0.2) is 0 Å². The summed E-state index contributed by atoms with van der Waals surface area (Å²) in [6.07, 6.45) is -3.19. The van der Waals surface area contributed by atoms with Crippen molar-refractivity contribution in [3.8, 4) is 5.75 Å². The van der Waals surface area contributed by atoms with Gasteiger partial charge < -0.3 is 9.16 Å². The van der Waals surface area contributed by atoms with Crippen molar-refractivity contribution in [2.24, 2.45) is 0 Å². The average molecular weight is 245 g/mol. The summed E-state index contributed by atoms with van der Waals surface area (Å²) >= 11 is 0. The van der Waals surface area contributed by atoms with Gasteiger partial charge in [0.2, 0.25) is 10.5 Å². The second kappa shape index (κ2) is 5.18. The standard InChI is InChI=1S/C10H8F3O2Si/c1-2-7-3-4-9(15-10(11,12)13)8(5-7)6-14-16/h2-5H,1,6H2. The zero-order chi connectivity index (χ0) is 12.2. The molecule has 85 valence electrons. The molecule has 3 radical (unpaired) electrons. The van der Waals surface area contributed by atoms with Crippen molar-refractivity contribution >= 4 is 16.6 Å². The van der Waals surface area contributed by atoms with E-state index in [4.69, 9.17) is 0 Å². The van der Waals surface area contributed by atoms with Crippen molar-refractivity contribution < 1.29 is 22.3 Å². The van der Waals surface area contributed by atoms with Crippen LogP contribution in [-0.2, 0) is 11.0 Å². The fourth-order valence-corrected chi connectivity index (χ4v) is 1.30. The summed E-state index contributed by atoms with van der Waals surface area (Å²) < 4.78 is 44.6. The molecule has 0 bridgehead atoms. The first-order valence-electron chi connectivity index (χ1n) is 4.26. The van der Waals surface area contributed by atoms with Crippen molar-refractivity contribution in [3.63, 3.8) is 0 Å². The van der Waals surface area contributed by atoms with Gasteiger partial charge in [-0.3, -0.25) is 0 Å². The monoisotopic (exact) mass is 245 g/mol. The summed E-state index contributed by atoms with van der Waals surface area (Å²) in [5.41, 5.74) is 0.970. The van der Waals surface area contributed by atoms with Gasteiger partial charge in [-0.05, 0) is 17.7 Å². The highest BCUT2D eigenvalue weighted by molar-refractivity contribution is 5.97. The molecule has 0 N–H and O–H groups in total. The minimum absolute atomic E-state index is 0.0377. The fraction of sp³-hybridized carbons (Fsp3) is 0.200. The smallest absolute Gasteiger partial charge is 0.414 e. The Bertz CT molecular complexity index is 377. The lowest BCUT2D eigenvalue weighted by Crippen LogP contribution is -2.18. The first kappa shape index (κ1) is 12.8. The molecule has 1 aromatic rings. The summed E-state index contributed by atoms with van der Waals surface area (Å²) in [5, 5.41) is 0. The van der Waals surface area contributed by atoms with Gasteiger partial charge in [-0.1, -0.05) is 18.7 Å². The van der Waals surface area contributed by atoms with Crippen LogP contribution in [0, 0.1) is 0 Å². The van der Waals surface area contributed by atoms with E-state index in [9.17, 15) is 13.2 Å². The van der Waals surface area contributed by atoms with E-state index >= 15 is 0 Å². The largest absolute Gasteiger partial charge is 0.573 e. The Labute approximate surface area is 94.2 Å². The van der Waals surface area contributed by atoms with Gasteiger partial charge in [-0.2, -0.15) is 0 Å². The van der Waals surface area contributed by atoms with E-state index in [0.717, 1.165) is 0 Å². The van der Waals surface area contributed by atoms with Crippen molar-refractivity contribution in [1.29, 1.82) is 0 Å². The van der Waals surface area contributed by atoms with Crippen LogP contribution in [-0.4, -0.2) is 16.8 Å². The SMILES string of the molecule is C=Cc1ccc(OC(F)(F)F)c(CO[Si])c1. The van der Waals surface area contributed by atoms with Crippen molar-refractivity contribution in [3.05, 3.63) is 35.9 Å². The normalized spacial score (nSPS) is 11.2. The highest BCUT2D eigenvalue weighted by atomic mass is 28.2. The van der Waals surface area contributed by atoms with E-state index in [0.29, 0.717) is 5.56 Å². The third-order valence-corrected chi connectivity index (χ3v) is 1.92. The molecule has 1 rings (SSSR count). The maximum atomic E-state index is 12.0. The molecule has 2 nitrogen and oxygen atoms in total. The molecule has 6 heteroatoms. The Hall–Kier alpha value is -1.27. The van der Waals surface area contributed by atoms with Gasteiger partial charge in [0.1, 0.15) is 5.75 Å². The van der Waals surface area contributed by atoms with Crippen LogP contribution in [0.25, 0.3) is 6.08 Å². The van der Waals surface area contributed by atoms with Gasteiger partial charge in [0, 0.05) is 5.56 Å². The topological polar surface area (TPSA) is 18.5 Å². The Balaban J connectivity index is 3.02. The summed E-state index contributed by atoms with van der Waals surface area (Å²) in [6, 6.07) is 4.21. The third-order valence-electron chi connectivity index (χ3n) is 1.77. The molecule has 0 unspecified atom stereocenters. The highest BCUT2D eigenvalue weighted by Crippen LogP contribution is 2.27. The van der Waals surface area contributed by atoms with Gasteiger partial charge in [0.25, 0.3) is 0 Å². The molecule has 0 aliphatic carbocycles. The van der Waals surface area contributed by atoms with Crippen LogP contribution in [0.1, 0.15) is 11.1 Å². The fourth-order valence-electron chi connectivity index (χ4n) is 1.14. The molecule has 0 saturated heterocycles. The predicted molar refractivity (Wildman–Crippen MR) is 53.8 cm³/mol. The molecule has 0 saturated carbocycles. The molecule has 0 atom stereocenters. The second-order valence-electron chi connectivity index (χ2n) is 2.91. The molecular formula is C10H8F3O2Si. The van der Waals surface area contributed by atoms with Gasteiger partial charge in [0.05, 0.1) is 6.61 Å². The maximum absolute atomic E-state index is 12.0. The van der Waals surface area contributed by atoms with Gasteiger partial charge in [0.15, 0.2) is 0 Å². The number of hydrogen-bond donors (Lipinski definition) is 0. The Morgan fingerprint density at radius 1 is 1.38 bits per heavy atom. The lowest BCUT2D eigenvalue weighted by atomic mass is 10.1. The first-order chi connectivity index (χ1) is 7.46. The number of hydrogen-bond acceptors (Lipinski definition) is 2. The zero-order valence-electron chi connectivity index (χ0n) is 8.17. The predicted octanol–water partition coefficient (Wildman–Crippen LogP) is 2.83. The summed E-state index contributed by atoms with van der Waals surface area (Å²) in [7, 11) is 2.73. The highest BCUT2D eigenvalue weighted by Gasteiger charge is 2.32. The lowest BCUT2D eigenvalue weighted by molar-refractivity contribution is -0.275. The van der Waals surface area contributed by atoms with Crippen LogP contribution in [0.15, 0.2) is 24.8 Å². The Morgan fingerprint density at radius 3 is 2.56 bits per heavy atom. The van der Waals surface area contributed by atoms with Gasteiger partial charge >= 0.3 is 6.36 Å². The Morgan fingerprint density at radius 2 is 2.06 bits per heavy atom. The summed E-state index contributed by atoms with van der Waals surface area (Å²) in [6.45, 7) is 3.48. The van der Waals surface area contributed by atoms with Crippen LogP contribution in [0.3, 0.4) is 0 Å². The average Bonchev–Trinajstić information content (AvgIpc) is 2.19. The number of rotatable bonds is 4. The first-order valence-corrected chi connectivity index (χ1v) is 4.66. The third kappa shape index (κ3) is 3.71. The summed E-state index contributed by atoms with van der Waals surface area (Å²) in [5.74, 6) is -0.281. The molecule has 0 aliphatic rings. The van der Waals surface area contributed by atoms with Crippen LogP contribution in [0.5, 0.6) is 5.75 Å². The number of alkyl halides is 3. The number of benzene rings is 1. The van der Waals surface area contributed by atoms with Crippen molar-refractivity contribution in [2.45, 2.75) is 13.0 Å². The van der Waals surface area contributed by atoms with E-state index < -0.39 is 6.36 Å². The molecule has 0 spiro atoms. The van der Waals surface area contributed by atoms with E-state index in [-0.39, 0.29) is 17.9 Å². The van der Waals surface area contributed by atoms with Crippen LogP contribution in [0.4, 0.5) is 13.2 Å². The zero-order valence-corrected chi connectivity index (χ0v) is 9.17. The molecule has 0 aliphatic heterocycles. The molecule has 1 aromatic carbocycles. The molecular weight excluding hydrogens is 237 g/mol. The van der Waals surface area contributed by atoms with Crippen molar-refractivity contribution in [2.75, 3.05) is 0 Å². The van der Waals surface area contributed by atoms with Crippen LogP contribution < -0.4 is 4.74 Å². The molecule has 0 amide bonds. The van der Waals surface area contributed by atoms with E-state index in [1.807, 2.05) is 0 Å². The molecule has 0 heterocycles.